The topological polar surface area (TPSA) is 152 Å². The molecule has 1 unspecified atom stereocenters. The van der Waals surface area contributed by atoms with E-state index in [1.807, 2.05) is 25.1 Å². The minimum absolute atomic E-state index is 0.110. The fourth-order valence-electron chi connectivity index (χ4n) is 5.62. The van der Waals surface area contributed by atoms with Crippen molar-refractivity contribution >= 4 is 5.91 Å². The van der Waals surface area contributed by atoms with Gasteiger partial charge in [-0.2, -0.15) is 0 Å². The van der Waals surface area contributed by atoms with Gasteiger partial charge < -0.3 is 37.7 Å². The molecule has 0 aromatic heterocycles. The maximum Gasteiger partial charge on any atom is 0.251 e. The third kappa shape index (κ3) is 12.4. The van der Waals surface area contributed by atoms with E-state index in [1.54, 1.807) is 0 Å². The molecule has 0 aliphatic rings. The Hall–Kier alpha value is -2.65. The van der Waals surface area contributed by atoms with Crippen molar-refractivity contribution in [1.82, 2.24) is 5.32 Å². The Morgan fingerprint density at radius 1 is 0.773 bits per heavy atom. The molecule has 1 atom stereocenters. The normalized spacial score (nSPS) is 11.9. The van der Waals surface area contributed by atoms with E-state index in [0.717, 1.165) is 78.7 Å². The van der Waals surface area contributed by atoms with Gasteiger partial charge in [0.1, 0.15) is 11.5 Å². The summed E-state index contributed by atoms with van der Waals surface area (Å²) in [6.07, 6.45) is 12.6. The van der Waals surface area contributed by atoms with Gasteiger partial charge in [-0.1, -0.05) is 52.4 Å². The lowest BCUT2D eigenvalue weighted by Crippen LogP contribution is -2.26. The Kier molecular flexibility index (Phi) is 18.7. The number of ether oxygens (including phenoxy) is 2. The molecule has 2 rings (SSSR count). The van der Waals surface area contributed by atoms with Gasteiger partial charge in [-0.15, -0.1) is 0 Å². The molecule has 8 heteroatoms. The monoisotopic (exact) mass is 611 g/mol. The quantitative estimate of drug-likeness (QED) is 0.0965. The minimum atomic E-state index is -0.116. The molecule has 2 aromatic carbocycles. The number of nitrogens with one attached hydrogen (secondary N) is 1. The second-order valence-electron chi connectivity index (χ2n) is 11.9. The Morgan fingerprint density at radius 3 is 1.98 bits per heavy atom. The van der Waals surface area contributed by atoms with Crippen LogP contribution in [0.1, 0.15) is 112 Å². The minimum Gasteiger partial charge on any atom is -0.493 e. The lowest BCUT2D eigenvalue weighted by Gasteiger charge is -2.24. The van der Waals surface area contributed by atoms with Crippen molar-refractivity contribution in [3.63, 3.8) is 0 Å². The average molecular weight is 612 g/mol. The van der Waals surface area contributed by atoms with Crippen LogP contribution in [-0.4, -0.2) is 51.3 Å². The third-order valence-electron chi connectivity index (χ3n) is 7.95. The molecule has 0 aliphatic heterocycles. The van der Waals surface area contributed by atoms with Crippen LogP contribution < -0.4 is 37.7 Å². The summed E-state index contributed by atoms with van der Waals surface area (Å²) in [6.45, 7) is 9.69. The summed E-state index contributed by atoms with van der Waals surface area (Å²) in [5, 5.41) is 3.07. The summed E-state index contributed by atoms with van der Waals surface area (Å²) in [5.41, 5.74) is 30.2. The summed E-state index contributed by atoms with van der Waals surface area (Å²) in [4.78, 5) is 13.3. The molecule has 44 heavy (non-hydrogen) atoms. The molecule has 0 spiro atoms. The van der Waals surface area contributed by atoms with Crippen molar-refractivity contribution in [1.29, 1.82) is 0 Å². The first-order valence-electron chi connectivity index (χ1n) is 17.1. The highest BCUT2D eigenvalue weighted by atomic mass is 16.5. The van der Waals surface area contributed by atoms with E-state index in [-0.39, 0.29) is 11.9 Å². The van der Waals surface area contributed by atoms with Gasteiger partial charge in [0.15, 0.2) is 0 Å². The zero-order valence-corrected chi connectivity index (χ0v) is 27.9. The van der Waals surface area contributed by atoms with Crippen molar-refractivity contribution in [3.05, 3.63) is 46.5 Å². The summed E-state index contributed by atoms with van der Waals surface area (Å²) in [5.74, 6) is 1.42. The largest absolute Gasteiger partial charge is 0.493 e. The molecule has 0 bridgehead atoms. The van der Waals surface area contributed by atoms with Gasteiger partial charge in [-0.25, -0.2) is 0 Å². The van der Waals surface area contributed by atoms with Crippen molar-refractivity contribution in [3.8, 4) is 22.6 Å². The summed E-state index contributed by atoms with van der Waals surface area (Å²) in [6, 6.07) is 7.98. The van der Waals surface area contributed by atoms with Gasteiger partial charge in [0.25, 0.3) is 5.91 Å². The Morgan fingerprint density at radius 2 is 1.39 bits per heavy atom. The molecule has 0 saturated carbocycles. The molecule has 0 radical (unpaired) electrons. The van der Waals surface area contributed by atoms with Gasteiger partial charge in [-0.05, 0) is 112 Å². The standard InChI is InChI=1S/C36H61N5O3/c1-4-6-8-10-23-43-33-15-14-29(36(42)41-22-12-13-27(3)40)25-32(33)35-31(18-21-39)30(17-20-38)28(16-19-37)26-34(35)44-24-11-9-7-5-2/h14-15,25-27H,4-13,16-24,37-40H2,1-3H3,(H,41,42). The van der Waals surface area contributed by atoms with Gasteiger partial charge in [0.2, 0.25) is 0 Å². The van der Waals surface area contributed by atoms with Gasteiger partial charge in [0, 0.05) is 29.3 Å². The number of carbonyl (C=O) groups excluding carboxylic acids is 1. The number of nitrogens with two attached hydrogens (primary N) is 4. The average Bonchev–Trinajstić information content (AvgIpc) is 3.01. The molecule has 0 fully saturated rings. The maximum atomic E-state index is 13.3. The smallest absolute Gasteiger partial charge is 0.251 e. The van der Waals surface area contributed by atoms with E-state index >= 15 is 0 Å². The van der Waals surface area contributed by atoms with Crippen molar-refractivity contribution < 1.29 is 14.3 Å². The first-order valence-corrected chi connectivity index (χ1v) is 17.1. The molecule has 0 saturated heterocycles. The van der Waals surface area contributed by atoms with Gasteiger partial charge in [-0.3, -0.25) is 4.79 Å². The zero-order valence-electron chi connectivity index (χ0n) is 27.9. The van der Waals surface area contributed by atoms with E-state index in [4.69, 9.17) is 32.4 Å². The number of hydrogen-bond acceptors (Lipinski definition) is 7. The molecule has 248 valence electrons. The molecule has 9 N–H and O–H groups in total. The Balaban J connectivity index is 2.68. The first kappa shape index (κ1) is 37.5. The molecule has 0 aliphatic carbocycles. The van der Waals surface area contributed by atoms with E-state index in [1.165, 1.54) is 31.2 Å². The van der Waals surface area contributed by atoms with Gasteiger partial charge in [0.05, 0.1) is 13.2 Å². The third-order valence-corrected chi connectivity index (χ3v) is 7.95. The van der Waals surface area contributed by atoms with Crippen molar-refractivity contribution in [2.75, 3.05) is 39.4 Å². The van der Waals surface area contributed by atoms with Gasteiger partial charge >= 0.3 is 0 Å². The van der Waals surface area contributed by atoms with Crippen molar-refractivity contribution in [2.24, 2.45) is 22.9 Å². The highest BCUT2D eigenvalue weighted by Crippen LogP contribution is 2.43. The Labute approximate surface area is 267 Å². The summed E-state index contributed by atoms with van der Waals surface area (Å²) < 4.78 is 13.0. The number of unbranched alkanes of at least 4 members (excludes halogenated alkanes) is 6. The summed E-state index contributed by atoms with van der Waals surface area (Å²) in [7, 11) is 0. The zero-order chi connectivity index (χ0) is 32.2. The van der Waals surface area contributed by atoms with Crippen molar-refractivity contribution in [2.45, 2.75) is 110 Å². The Bertz CT molecular complexity index is 1110. The van der Waals surface area contributed by atoms with Crippen LogP contribution in [0.5, 0.6) is 11.5 Å². The predicted molar refractivity (Wildman–Crippen MR) is 185 cm³/mol. The SMILES string of the molecule is CCCCCCOc1ccc(C(=O)NCCCC(C)N)cc1-c1c(OCCCCCC)cc(CCN)c(CCN)c1CCN. The molecule has 2 aromatic rings. The molecule has 0 heterocycles. The fraction of sp³-hybridized carbons (Fsp3) is 0.639. The first-order chi connectivity index (χ1) is 21.4. The number of carbonyl (C=O) groups is 1. The molecular weight excluding hydrogens is 550 g/mol. The van der Waals surface area contributed by atoms with Crippen LogP contribution in [0.4, 0.5) is 0 Å². The van der Waals surface area contributed by atoms with E-state index in [0.29, 0.717) is 57.8 Å². The highest BCUT2D eigenvalue weighted by Gasteiger charge is 2.23. The van der Waals surface area contributed by atoms with E-state index < -0.39 is 0 Å². The van der Waals surface area contributed by atoms with Crippen LogP contribution in [-0.2, 0) is 19.3 Å². The highest BCUT2D eigenvalue weighted by molar-refractivity contribution is 5.97. The maximum absolute atomic E-state index is 13.3. The second kappa shape index (κ2) is 22.0. The number of benzene rings is 2. The number of amides is 1. The lowest BCUT2D eigenvalue weighted by atomic mass is 9.86. The second-order valence-corrected chi connectivity index (χ2v) is 11.9. The van der Waals surface area contributed by atoms with Crippen LogP contribution in [0, 0.1) is 0 Å². The van der Waals surface area contributed by atoms with Crippen LogP contribution in [0.15, 0.2) is 24.3 Å². The predicted octanol–water partition coefficient (Wildman–Crippen LogP) is 5.63. The molecular formula is C36H61N5O3. The number of hydrogen-bond donors (Lipinski definition) is 5. The van der Waals surface area contributed by atoms with E-state index in [9.17, 15) is 4.79 Å². The molecule has 8 nitrogen and oxygen atoms in total. The lowest BCUT2D eigenvalue weighted by molar-refractivity contribution is 0.0952. The van der Waals surface area contributed by atoms with Crippen LogP contribution >= 0.6 is 0 Å². The molecule has 1 amide bonds. The van der Waals surface area contributed by atoms with Crippen LogP contribution in [0.2, 0.25) is 0 Å². The summed E-state index contributed by atoms with van der Waals surface area (Å²) >= 11 is 0. The van der Waals surface area contributed by atoms with E-state index in [2.05, 4.69) is 25.2 Å². The number of rotatable bonds is 24. The van der Waals surface area contributed by atoms with Crippen LogP contribution in [0.3, 0.4) is 0 Å². The fourth-order valence-corrected chi connectivity index (χ4v) is 5.62. The van der Waals surface area contributed by atoms with Crippen LogP contribution in [0.25, 0.3) is 11.1 Å².